The lowest BCUT2D eigenvalue weighted by Crippen LogP contribution is -3.00. The second-order valence-electron chi connectivity index (χ2n) is 6.79. The van der Waals surface area contributed by atoms with Crippen LogP contribution in [0.3, 0.4) is 0 Å². The number of rotatable bonds is 9. The number of nitrogens with zero attached hydrogens (tertiary/aromatic N) is 1. The van der Waals surface area contributed by atoms with Crippen LogP contribution in [0.15, 0.2) is 41.9 Å². The van der Waals surface area contributed by atoms with E-state index in [1.807, 2.05) is 24.3 Å². The van der Waals surface area contributed by atoms with E-state index in [1.54, 1.807) is 23.5 Å². The summed E-state index contributed by atoms with van der Waals surface area (Å²) in [5.74, 6) is 0.806. The Bertz CT molecular complexity index is 1030. The van der Waals surface area contributed by atoms with Crippen molar-refractivity contribution in [3.8, 4) is 17.2 Å². The molecule has 0 saturated heterocycles. The quantitative estimate of drug-likeness (QED) is 0.331. The molecule has 0 aliphatic rings. The van der Waals surface area contributed by atoms with Crippen molar-refractivity contribution in [2.75, 3.05) is 27.9 Å². The van der Waals surface area contributed by atoms with Crippen LogP contribution in [0, 0.1) is 6.92 Å². The van der Waals surface area contributed by atoms with Gasteiger partial charge in [0.1, 0.15) is 0 Å². The van der Waals surface area contributed by atoms with E-state index in [0.717, 1.165) is 17.3 Å². The Balaban J connectivity index is 0.00000363. The summed E-state index contributed by atoms with van der Waals surface area (Å²) in [6, 6.07) is 11.0. The second-order valence-corrected chi connectivity index (χ2v) is 8.16. The summed E-state index contributed by atoms with van der Waals surface area (Å²) in [5, 5.41) is 0.727. The van der Waals surface area contributed by atoms with Crippen molar-refractivity contribution in [1.29, 1.82) is 0 Å². The maximum Gasteiger partial charge on any atom is 0.338 e. The highest BCUT2D eigenvalue weighted by atomic mass is 35.5. The number of halogens is 2. The third-order valence-corrected chi connectivity index (χ3v) is 6.28. The van der Waals surface area contributed by atoms with Gasteiger partial charge in [0.05, 0.1) is 38.4 Å². The maximum atomic E-state index is 12.5. The standard InChI is InChI=1S/C23H25ClNO5S.ClH/c1-15-21(31-14-25(15)13-16-5-7-18(24)8-6-16)9-10-30-23(26)17-11-19(27-2)22(29-4)20(12-17)28-3;/h5-8,11-12,14H,9-10,13H2,1-4H3;1H/q+1;/p-1. The molecule has 172 valence electrons. The SMILES string of the molecule is COc1cc(C(=O)OCCc2sc[n+](Cc3ccc(Cl)cc3)c2C)cc(OC)c1OC.[Cl-]. The normalized spacial score (nSPS) is 10.3. The molecule has 3 aromatic rings. The van der Waals surface area contributed by atoms with Gasteiger partial charge in [0.2, 0.25) is 11.3 Å². The molecule has 6 nitrogen and oxygen atoms in total. The molecule has 0 amide bonds. The molecule has 0 spiro atoms. The average molecular weight is 498 g/mol. The van der Waals surface area contributed by atoms with Gasteiger partial charge in [-0.3, -0.25) is 0 Å². The first-order chi connectivity index (χ1) is 15.0. The summed E-state index contributed by atoms with van der Waals surface area (Å²) in [4.78, 5) is 13.7. The highest BCUT2D eigenvalue weighted by molar-refractivity contribution is 7.09. The summed E-state index contributed by atoms with van der Waals surface area (Å²) >= 11 is 7.61. The Kier molecular flexibility index (Phi) is 9.62. The van der Waals surface area contributed by atoms with Crippen LogP contribution in [-0.4, -0.2) is 33.9 Å². The van der Waals surface area contributed by atoms with Crippen molar-refractivity contribution in [1.82, 2.24) is 0 Å². The maximum absolute atomic E-state index is 12.5. The summed E-state index contributed by atoms with van der Waals surface area (Å²) in [5.41, 5.74) is 4.76. The molecule has 0 atom stereocenters. The fraction of sp³-hybridized carbons (Fsp3) is 0.304. The van der Waals surface area contributed by atoms with Crippen LogP contribution in [0.5, 0.6) is 17.2 Å². The third-order valence-electron chi connectivity index (χ3n) is 4.89. The van der Waals surface area contributed by atoms with Gasteiger partial charge in [0, 0.05) is 23.9 Å². The van der Waals surface area contributed by atoms with E-state index < -0.39 is 5.97 Å². The summed E-state index contributed by atoms with van der Waals surface area (Å²) in [6.45, 7) is 3.12. The number of aromatic nitrogens is 1. The van der Waals surface area contributed by atoms with Crippen molar-refractivity contribution in [2.24, 2.45) is 0 Å². The first-order valence-corrected chi connectivity index (χ1v) is 10.9. The molecule has 0 N–H and O–H groups in total. The number of ether oxygens (including phenoxy) is 4. The predicted octanol–water partition coefficient (Wildman–Crippen LogP) is 1.48. The highest BCUT2D eigenvalue weighted by Gasteiger charge is 2.19. The van der Waals surface area contributed by atoms with Gasteiger partial charge in [-0.05, 0) is 24.3 Å². The largest absolute Gasteiger partial charge is 1.00 e. The molecule has 0 unspecified atom stereocenters. The van der Waals surface area contributed by atoms with Crippen LogP contribution in [0.4, 0.5) is 0 Å². The number of methoxy groups -OCH3 is 3. The van der Waals surface area contributed by atoms with Crippen LogP contribution in [0.25, 0.3) is 0 Å². The van der Waals surface area contributed by atoms with Crippen LogP contribution in [0.2, 0.25) is 5.02 Å². The molecule has 0 bridgehead atoms. The van der Waals surface area contributed by atoms with Crippen molar-refractivity contribution < 1.29 is 40.7 Å². The lowest BCUT2D eigenvalue weighted by atomic mass is 10.2. The van der Waals surface area contributed by atoms with Gasteiger partial charge in [-0.1, -0.05) is 35.1 Å². The van der Waals surface area contributed by atoms with E-state index in [2.05, 4.69) is 17.0 Å². The molecule has 0 fully saturated rings. The van der Waals surface area contributed by atoms with E-state index in [4.69, 9.17) is 30.5 Å². The number of esters is 1. The van der Waals surface area contributed by atoms with Gasteiger partial charge in [-0.25, -0.2) is 4.79 Å². The van der Waals surface area contributed by atoms with E-state index in [0.29, 0.717) is 29.2 Å². The summed E-state index contributed by atoms with van der Waals surface area (Å²) < 4.78 is 23.6. The minimum Gasteiger partial charge on any atom is -1.00 e. The van der Waals surface area contributed by atoms with Crippen molar-refractivity contribution >= 4 is 28.9 Å². The molecule has 3 rings (SSSR count). The molecule has 2 aromatic carbocycles. The first kappa shape index (κ1) is 25.8. The number of benzene rings is 2. The van der Waals surface area contributed by atoms with Gasteiger partial charge >= 0.3 is 5.97 Å². The lowest BCUT2D eigenvalue weighted by Gasteiger charge is -2.13. The van der Waals surface area contributed by atoms with Crippen LogP contribution < -0.4 is 31.2 Å². The van der Waals surface area contributed by atoms with Gasteiger partial charge < -0.3 is 31.4 Å². The molecule has 9 heteroatoms. The molecule has 0 aliphatic carbocycles. The fourth-order valence-corrected chi connectivity index (χ4v) is 4.25. The summed E-state index contributed by atoms with van der Waals surface area (Å²) in [7, 11) is 4.53. The number of carbonyl (C=O) groups is 1. The van der Waals surface area contributed by atoms with Crippen LogP contribution >= 0.6 is 22.9 Å². The second kappa shape index (κ2) is 11.9. The minimum atomic E-state index is -0.442. The zero-order valence-electron chi connectivity index (χ0n) is 18.3. The molecule has 1 aromatic heterocycles. The Morgan fingerprint density at radius 3 is 2.22 bits per heavy atom. The van der Waals surface area contributed by atoms with Crippen molar-refractivity contribution in [3.63, 3.8) is 0 Å². The van der Waals surface area contributed by atoms with E-state index in [-0.39, 0.29) is 19.0 Å². The van der Waals surface area contributed by atoms with Gasteiger partial charge in [0.25, 0.3) is 0 Å². The van der Waals surface area contributed by atoms with E-state index in [9.17, 15) is 4.79 Å². The minimum absolute atomic E-state index is 0. The molecule has 0 saturated carbocycles. The Morgan fingerprint density at radius 1 is 1.03 bits per heavy atom. The number of hydrogen-bond donors (Lipinski definition) is 0. The Morgan fingerprint density at radius 2 is 1.66 bits per heavy atom. The molecule has 32 heavy (non-hydrogen) atoms. The van der Waals surface area contributed by atoms with Gasteiger partial charge in [0.15, 0.2) is 23.7 Å². The van der Waals surface area contributed by atoms with Crippen LogP contribution in [0.1, 0.15) is 26.5 Å². The molecule has 1 heterocycles. The summed E-state index contributed by atoms with van der Waals surface area (Å²) in [6.07, 6.45) is 0.639. The molecular weight excluding hydrogens is 473 g/mol. The monoisotopic (exact) mass is 497 g/mol. The highest BCUT2D eigenvalue weighted by Crippen LogP contribution is 2.38. The zero-order chi connectivity index (χ0) is 22.4. The molecular formula is C23H25Cl2NO5S. The zero-order valence-corrected chi connectivity index (χ0v) is 20.6. The third kappa shape index (κ3) is 6.06. The fourth-order valence-electron chi connectivity index (χ4n) is 3.15. The number of carbonyl (C=O) groups excluding carboxylic acids is 1. The topological polar surface area (TPSA) is 57.9 Å². The van der Waals surface area contributed by atoms with Gasteiger partial charge in [-0.2, -0.15) is 4.57 Å². The Labute approximate surface area is 203 Å². The number of hydrogen-bond acceptors (Lipinski definition) is 6. The van der Waals surface area contributed by atoms with Crippen molar-refractivity contribution in [2.45, 2.75) is 19.9 Å². The first-order valence-electron chi connectivity index (χ1n) is 9.64. The Hall–Kier alpha value is -2.48. The van der Waals surface area contributed by atoms with Gasteiger partial charge in [-0.15, -0.1) is 0 Å². The lowest BCUT2D eigenvalue weighted by molar-refractivity contribution is -0.689. The van der Waals surface area contributed by atoms with Crippen molar-refractivity contribution in [3.05, 3.63) is 68.6 Å². The molecule has 0 aliphatic heterocycles. The number of thiazole rings is 1. The van der Waals surface area contributed by atoms with E-state index in [1.165, 1.54) is 31.8 Å². The van der Waals surface area contributed by atoms with Crippen LogP contribution in [-0.2, 0) is 17.7 Å². The molecule has 0 radical (unpaired) electrons. The average Bonchev–Trinajstić information content (AvgIpc) is 3.13. The predicted molar refractivity (Wildman–Crippen MR) is 120 cm³/mol. The van der Waals surface area contributed by atoms with E-state index >= 15 is 0 Å². The smallest absolute Gasteiger partial charge is 0.338 e.